The van der Waals surface area contributed by atoms with Gasteiger partial charge in [0.25, 0.3) is 0 Å². The molecule has 1 aromatic rings. The third-order valence-corrected chi connectivity index (χ3v) is 2.06. The summed E-state index contributed by atoms with van der Waals surface area (Å²) in [6.45, 7) is 3.43. The summed E-state index contributed by atoms with van der Waals surface area (Å²) in [6, 6.07) is 7.14. The molecule has 0 radical (unpaired) electrons. The summed E-state index contributed by atoms with van der Waals surface area (Å²) >= 11 is 0. The smallest absolute Gasteiger partial charge is 0.159 e. The second-order valence-electron chi connectivity index (χ2n) is 3.11. The van der Waals surface area contributed by atoms with E-state index >= 15 is 0 Å². The first-order chi connectivity index (χ1) is 6.15. The first kappa shape index (κ1) is 9.93. The summed E-state index contributed by atoms with van der Waals surface area (Å²) in [5.74, 6) is 0.0325. The van der Waals surface area contributed by atoms with E-state index in [1.165, 1.54) is 6.92 Å². The van der Waals surface area contributed by atoms with Gasteiger partial charge in [0.05, 0.1) is 6.10 Å². The van der Waals surface area contributed by atoms with Gasteiger partial charge in [0.2, 0.25) is 0 Å². The first-order valence-electron chi connectivity index (χ1n) is 4.44. The van der Waals surface area contributed by atoms with Crippen molar-refractivity contribution in [2.45, 2.75) is 26.4 Å². The van der Waals surface area contributed by atoms with Crippen LogP contribution >= 0.6 is 0 Å². The van der Waals surface area contributed by atoms with Crippen LogP contribution in [0.25, 0.3) is 0 Å². The van der Waals surface area contributed by atoms with Crippen molar-refractivity contribution in [1.82, 2.24) is 0 Å². The molecule has 2 nitrogen and oxygen atoms in total. The number of ketones is 1. The number of hydrogen-bond acceptors (Lipinski definition) is 2. The molecule has 0 saturated heterocycles. The fourth-order valence-corrected chi connectivity index (χ4v) is 1.20. The second kappa shape index (κ2) is 4.19. The molecule has 0 aliphatic heterocycles. The number of benzene rings is 1. The number of Topliss-reactive ketones (excluding diaryl/α,β-unsaturated/α-hetero) is 1. The van der Waals surface area contributed by atoms with Gasteiger partial charge in [0.1, 0.15) is 0 Å². The number of carbonyl (C=O) groups is 1. The van der Waals surface area contributed by atoms with Crippen molar-refractivity contribution in [3.63, 3.8) is 0 Å². The maximum Gasteiger partial charge on any atom is 0.159 e. The van der Waals surface area contributed by atoms with Crippen molar-refractivity contribution in [2.75, 3.05) is 0 Å². The minimum absolute atomic E-state index is 0.0325. The molecular weight excluding hydrogens is 164 g/mol. The molecule has 1 rings (SSSR count). The average molecular weight is 178 g/mol. The van der Waals surface area contributed by atoms with Crippen LogP contribution in [0.1, 0.15) is 42.3 Å². The Morgan fingerprint density at radius 2 is 2.23 bits per heavy atom. The lowest BCUT2D eigenvalue weighted by molar-refractivity contribution is 0.101. The van der Waals surface area contributed by atoms with E-state index in [0.717, 1.165) is 5.56 Å². The van der Waals surface area contributed by atoms with E-state index in [0.29, 0.717) is 12.0 Å². The van der Waals surface area contributed by atoms with E-state index in [1.54, 1.807) is 18.2 Å². The lowest BCUT2D eigenvalue weighted by Crippen LogP contribution is -1.98. The fraction of sp³-hybridized carbons (Fsp3) is 0.364. The van der Waals surface area contributed by atoms with Crippen molar-refractivity contribution < 1.29 is 9.90 Å². The van der Waals surface area contributed by atoms with E-state index in [4.69, 9.17) is 0 Å². The topological polar surface area (TPSA) is 37.3 Å². The van der Waals surface area contributed by atoms with Gasteiger partial charge < -0.3 is 5.11 Å². The third-order valence-electron chi connectivity index (χ3n) is 2.06. The van der Waals surface area contributed by atoms with Gasteiger partial charge in [-0.3, -0.25) is 4.79 Å². The van der Waals surface area contributed by atoms with E-state index < -0.39 is 6.10 Å². The summed E-state index contributed by atoms with van der Waals surface area (Å²) < 4.78 is 0. The molecule has 70 valence electrons. The second-order valence-corrected chi connectivity index (χ2v) is 3.11. The van der Waals surface area contributed by atoms with E-state index in [2.05, 4.69) is 0 Å². The lowest BCUT2D eigenvalue weighted by atomic mass is 10.0. The molecule has 13 heavy (non-hydrogen) atoms. The Labute approximate surface area is 78.2 Å². The predicted molar refractivity (Wildman–Crippen MR) is 51.7 cm³/mol. The van der Waals surface area contributed by atoms with Gasteiger partial charge in [-0.1, -0.05) is 25.1 Å². The van der Waals surface area contributed by atoms with Gasteiger partial charge >= 0.3 is 0 Å². The summed E-state index contributed by atoms with van der Waals surface area (Å²) in [5.41, 5.74) is 1.47. The highest BCUT2D eigenvalue weighted by Crippen LogP contribution is 2.17. The van der Waals surface area contributed by atoms with E-state index in [-0.39, 0.29) is 5.78 Å². The highest BCUT2D eigenvalue weighted by atomic mass is 16.3. The third kappa shape index (κ3) is 2.39. The minimum Gasteiger partial charge on any atom is -0.388 e. The van der Waals surface area contributed by atoms with Crippen LogP contribution in [0.5, 0.6) is 0 Å². The zero-order valence-electron chi connectivity index (χ0n) is 7.95. The minimum atomic E-state index is -0.459. The van der Waals surface area contributed by atoms with Gasteiger partial charge in [-0.25, -0.2) is 0 Å². The van der Waals surface area contributed by atoms with Gasteiger partial charge in [0.15, 0.2) is 5.78 Å². The number of hydrogen-bond donors (Lipinski definition) is 1. The van der Waals surface area contributed by atoms with Crippen molar-refractivity contribution in [1.29, 1.82) is 0 Å². The Morgan fingerprint density at radius 3 is 2.77 bits per heavy atom. The van der Waals surface area contributed by atoms with E-state index in [9.17, 15) is 9.90 Å². The van der Waals surface area contributed by atoms with Crippen LogP contribution in [0.3, 0.4) is 0 Å². The number of carbonyl (C=O) groups excluding carboxylic acids is 1. The molecule has 0 aliphatic carbocycles. The molecule has 0 fully saturated rings. The van der Waals surface area contributed by atoms with Gasteiger partial charge in [-0.15, -0.1) is 0 Å². The standard InChI is InChI=1S/C11H14O2/c1-3-11(13)10-6-4-5-9(7-10)8(2)12/h4-7,11,13H,3H2,1-2H3/t11-/m1/s1. The molecule has 0 aromatic heterocycles. The van der Waals surface area contributed by atoms with E-state index in [1.807, 2.05) is 13.0 Å². The van der Waals surface area contributed by atoms with Crippen LogP contribution in [0.15, 0.2) is 24.3 Å². The van der Waals surface area contributed by atoms with Crippen molar-refractivity contribution in [3.05, 3.63) is 35.4 Å². The van der Waals surface area contributed by atoms with Gasteiger partial charge in [-0.05, 0) is 25.0 Å². The summed E-state index contributed by atoms with van der Waals surface area (Å²) in [7, 11) is 0. The first-order valence-corrected chi connectivity index (χ1v) is 4.44. The molecule has 0 heterocycles. The van der Waals surface area contributed by atoms with Crippen LogP contribution in [0, 0.1) is 0 Å². The number of aliphatic hydroxyl groups is 1. The summed E-state index contributed by atoms with van der Waals surface area (Å²) in [6.07, 6.45) is 0.209. The summed E-state index contributed by atoms with van der Waals surface area (Å²) in [4.78, 5) is 11.0. The Bertz CT molecular complexity index is 305. The van der Waals surface area contributed by atoms with Crippen LogP contribution in [-0.2, 0) is 0 Å². The van der Waals surface area contributed by atoms with Crippen LogP contribution in [0.2, 0.25) is 0 Å². The van der Waals surface area contributed by atoms with Crippen LogP contribution < -0.4 is 0 Å². The molecule has 0 spiro atoms. The molecular formula is C11H14O2. The highest BCUT2D eigenvalue weighted by molar-refractivity contribution is 5.94. The Kier molecular flexibility index (Phi) is 3.20. The Balaban J connectivity index is 2.98. The lowest BCUT2D eigenvalue weighted by Gasteiger charge is -2.08. The Hall–Kier alpha value is -1.15. The zero-order chi connectivity index (χ0) is 9.84. The average Bonchev–Trinajstić information content (AvgIpc) is 2.17. The van der Waals surface area contributed by atoms with Crippen molar-refractivity contribution >= 4 is 5.78 Å². The van der Waals surface area contributed by atoms with Crippen molar-refractivity contribution in [2.24, 2.45) is 0 Å². The molecule has 1 atom stereocenters. The molecule has 0 amide bonds. The van der Waals surface area contributed by atoms with Crippen molar-refractivity contribution in [3.8, 4) is 0 Å². The van der Waals surface area contributed by atoms with Gasteiger partial charge in [0, 0.05) is 5.56 Å². The highest BCUT2D eigenvalue weighted by Gasteiger charge is 2.06. The largest absolute Gasteiger partial charge is 0.388 e. The Morgan fingerprint density at radius 1 is 1.54 bits per heavy atom. The maximum absolute atomic E-state index is 11.0. The zero-order valence-corrected chi connectivity index (χ0v) is 7.95. The predicted octanol–water partition coefficient (Wildman–Crippen LogP) is 2.33. The molecule has 0 saturated carbocycles. The number of rotatable bonds is 3. The SMILES string of the molecule is CC[C@@H](O)c1cccc(C(C)=O)c1. The van der Waals surface area contributed by atoms with Crippen LogP contribution in [0.4, 0.5) is 0 Å². The quantitative estimate of drug-likeness (QED) is 0.721. The number of aliphatic hydroxyl groups excluding tert-OH is 1. The molecule has 0 unspecified atom stereocenters. The van der Waals surface area contributed by atoms with Crippen LogP contribution in [-0.4, -0.2) is 10.9 Å². The monoisotopic (exact) mass is 178 g/mol. The molecule has 0 aliphatic rings. The normalized spacial score (nSPS) is 12.5. The van der Waals surface area contributed by atoms with Gasteiger partial charge in [-0.2, -0.15) is 0 Å². The maximum atomic E-state index is 11.0. The molecule has 1 aromatic carbocycles. The molecule has 0 bridgehead atoms. The molecule has 1 N–H and O–H groups in total. The fourth-order valence-electron chi connectivity index (χ4n) is 1.20. The molecule has 2 heteroatoms. The summed E-state index contributed by atoms with van der Waals surface area (Å²) in [5, 5.41) is 9.52.